The van der Waals surface area contributed by atoms with Gasteiger partial charge >= 0.3 is 0 Å². The molecule has 2 N–H and O–H groups in total. The highest BCUT2D eigenvalue weighted by molar-refractivity contribution is 6.84. The van der Waals surface area contributed by atoms with Crippen molar-refractivity contribution in [2.45, 2.75) is 184 Å². The molecule has 0 spiro atoms. The number of nitrogens with one attached hydrogen (secondary N) is 2. The van der Waals surface area contributed by atoms with E-state index >= 15 is 0 Å². The predicted octanol–water partition coefficient (Wildman–Crippen LogP) is 11.3. The molecule has 4 nitrogen and oxygen atoms in total. The molecule has 0 amide bonds. The van der Waals surface area contributed by atoms with Crippen molar-refractivity contribution >= 4 is 146 Å². The molecule has 0 aliphatic carbocycles. The zero-order valence-corrected chi connectivity index (χ0v) is 42.3. The van der Waals surface area contributed by atoms with Crippen LogP contribution in [0.3, 0.4) is 0 Å². The molecule has 0 heterocycles. The molecular formula is C36H69BCl12N2O2. The Morgan fingerprint density at radius 3 is 0.868 bits per heavy atom. The summed E-state index contributed by atoms with van der Waals surface area (Å²) in [5.74, 6) is 0. The Morgan fingerprint density at radius 2 is 0.623 bits per heavy atom. The van der Waals surface area contributed by atoms with Gasteiger partial charge in [0.1, 0.15) is 0 Å². The summed E-state index contributed by atoms with van der Waals surface area (Å²) in [6.45, 7) is 24.1. The van der Waals surface area contributed by atoms with Crippen molar-refractivity contribution in [3.8, 4) is 0 Å². The first kappa shape index (κ1) is 60.7. The van der Waals surface area contributed by atoms with E-state index in [1.165, 1.54) is 116 Å². The Hall–Kier alpha value is 3.38. The van der Waals surface area contributed by atoms with E-state index < -0.39 is 33.0 Å². The maximum absolute atomic E-state index is 11.3. The highest BCUT2D eigenvalue weighted by atomic mass is 35.6. The van der Waals surface area contributed by atoms with Crippen LogP contribution in [0.15, 0.2) is 0 Å². The first-order valence-corrected chi connectivity index (χ1v) is 24.2. The molecule has 0 aromatic rings. The molecule has 0 radical (unpaired) electrons. The van der Waals surface area contributed by atoms with E-state index in [1.54, 1.807) is 0 Å². The number of hydrogen-bond acceptors (Lipinski definition) is 2. The van der Waals surface area contributed by atoms with Gasteiger partial charge in [-0.1, -0.05) is 236 Å². The van der Waals surface area contributed by atoms with Gasteiger partial charge in [-0.15, -0.1) is 23.2 Å². The van der Waals surface area contributed by atoms with Gasteiger partial charge in [-0.25, -0.2) is 0 Å². The number of hydrogen-bond donors (Lipinski definition) is 2. The summed E-state index contributed by atoms with van der Waals surface area (Å²) in [6, 6.07) is 0. The molecule has 0 atom stereocenters. The molecule has 0 saturated carbocycles. The standard InChI is InChI=1S/C12H13BCl12O2.2C12H27N/c1-2-3-4-5-6-7(14,15)8(16,17)9(18,19)10(20,21)11(22,23)12(24,25)13(26)27;2*1-4-7-10-13(11-8-5-2)12-9-6-3/h2-6H2,1H3;2*4-12H2,1-3H3/q-2;;/p+2. The van der Waals surface area contributed by atoms with E-state index in [4.69, 9.17) is 139 Å². The molecule has 0 fully saturated rings. The summed E-state index contributed by atoms with van der Waals surface area (Å²) in [5, 5.41) is 22.6. The SMILES string of the molecule is CCCCCCC(Cl)(Cl)C(Cl)(Cl)C(Cl)(Cl)C(Cl)(Cl)C(Cl)(Cl)C(Cl)(Cl)B([O-])[O-].CCCC[NH+](CCCC)CCCC.CCCC[NH+](CCCC)CCCC. The van der Waals surface area contributed by atoms with E-state index in [1.807, 2.05) is 16.7 Å². The summed E-state index contributed by atoms with van der Waals surface area (Å²) < 4.78 is -16.1. The first-order valence-electron chi connectivity index (χ1n) is 19.7. The maximum atomic E-state index is 11.3. The molecule has 0 unspecified atom stereocenters. The predicted molar refractivity (Wildman–Crippen MR) is 242 cm³/mol. The third-order valence-corrected chi connectivity index (χ3v) is 17.5. The lowest BCUT2D eigenvalue weighted by Gasteiger charge is -2.55. The zero-order valence-electron chi connectivity index (χ0n) is 33.2. The number of alkyl halides is 12. The van der Waals surface area contributed by atoms with Gasteiger partial charge in [0.25, 0.3) is 0 Å². The van der Waals surface area contributed by atoms with Gasteiger partial charge < -0.3 is 19.8 Å². The van der Waals surface area contributed by atoms with Crippen molar-refractivity contribution in [2.75, 3.05) is 39.3 Å². The second-order valence-electron chi connectivity index (χ2n) is 13.9. The largest absolute Gasteiger partial charge is 0.891 e. The van der Waals surface area contributed by atoms with Gasteiger partial charge in [-0.05, 0) is 44.9 Å². The Kier molecular flexibility index (Phi) is 36.8. The van der Waals surface area contributed by atoms with Crippen LogP contribution in [0.1, 0.15) is 158 Å². The average molecular weight is 998 g/mol. The minimum atomic E-state index is -3.01. The Bertz CT molecular complexity index is 810. The molecule has 0 aromatic carbocycles. The molecule has 53 heavy (non-hydrogen) atoms. The van der Waals surface area contributed by atoms with Crippen LogP contribution in [0, 0.1) is 0 Å². The molecule has 17 heteroatoms. The monoisotopic (exact) mass is 992 g/mol. The fourth-order valence-corrected chi connectivity index (χ4v) is 8.95. The molecule has 0 rings (SSSR count). The lowest BCUT2D eigenvalue weighted by Crippen LogP contribution is -3.12. The normalized spacial score (nSPS) is 13.2. The van der Waals surface area contributed by atoms with Crippen LogP contribution in [0.5, 0.6) is 0 Å². The van der Waals surface area contributed by atoms with E-state index in [9.17, 15) is 10.0 Å². The van der Waals surface area contributed by atoms with E-state index in [2.05, 4.69) is 41.5 Å². The van der Waals surface area contributed by atoms with Gasteiger partial charge in [-0.3, -0.25) is 0 Å². The first-order chi connectivity index (χ1) is 24.4. The molecule has 0 aromatic heterocycles. The lowest BCUT2D eigenvalue weighted by molar-refractivity contribution is -0.900. The molecule has 0 saturated heterocycles. The number of rotatable bonds is 29. The highest BCUT2D eigenvalue weighted by Crippen LogP contribution is 2.68. The highest BCUT2D eigenvalue weighted by Gasteiger charge is 2.75. The van der Waals surface area contributed by atoms with E-state index in [0.717, 1.165) is 19.3 Å². The lowest BCUT2D eigenvalue weighted by atomic mass is 9.80. The van der Waals surface area contributed by atoms with Gasteiger partial charge in [-0.2, -0.15) is 0 Å². The van der Waals surface area contributed by atoms with Crippen LogP contribution < -0.4 is 19.8 Å². The van der Waals surface area contributed by atoms with Gasteiger partial charge in [0, 0.05) is 0 Å². The second kappa shape index (κ2) is 32.1. The Morgan fingerprint density at radius 1 is 0.358 bits per heavy atom. The molecule has 322 valence electrons. The van der Waals surface area contributed by atoms with Crippen molar-refractivity contribution < 1.29 is 19.8 Å². The zero-order chi connectivity index (χ0) is 42.0. The van der Waals surface area contributed by atoms with Crippen LogP contribution in [0.2, 0.25) is 0 Å². The van der Waals surface area contributed by atoms with Gasteiger partial charge in [0.15, 0.2) is 21.7 Å². The minimum Gasteiger partial charge on any atom is -0.891 e. The molecule has 0 aliphatic heterocycles. The van der Waals surface area contributed by atoms with Crippen LogP contribution >= 0.6 is 139 Å². The average Bonchev–Trinajstić information content (AvgIpc) is 3.09. The van der Waals surface area contributed by atoms with Crippen molar-refractivity contribution in [3.05, 3.63) is 0 Å². The van der Waals surface area contributed by atoms with Crippen molar-refractivity contribution in [1.82, 2.24) is 0 Å². The van der Waals surface area contributed by atoms with Gasteiger partial charge in [0.05, 0.1) is 43.5 Å². The Balaban J connectivity index is -0.000000800. The minimum absolute atomic E-state index is 0.0321. The number of halogens is 12. The quantitative estimate of drug-likeness (QED) is 0.0446. The third-order valence-electron chi connectivity index (χ3n) is 9.00. The van der Waals surface area contributed by atoms with Crippen LogP contribution in [0.25, 0.3) is 0 Å². The fourth-order valence-electron chi connectivity index (χ4n) is 5.22. The van der Waals surface area contributed by atoms with Crippen LogP contribution in [-0.2, 0) is 0 Å². The summed E-state index contributed by atoms with van der Waals surface area (Å²) >= 11 is 73.0. The number of quaternary nitrogens is 2. The molecule has 0 aliphatic rings. The van der Waals surface area contributed by atoms with Crippen molar-refractivity contribution in [2.24, 2.45) is 0 Å². The second-order valence-corrected chi connectivity index (χ2v) is 22.1. The van der Waals surface area contributed by atoms with E-state index in [-0.39, 0.29) is 6.42 Å². The third kappa shape index (κ3) is 21.7. The van der Waals surface area contributed by atoms with Crippen molar-refractivity contribution in [1.29, 1.82) is 0 Å². The summed E-state index contributed by atoms with van der Waals surface area (Å²) in [5.41, 5.74) is 0. The Labute approximate surface area is 385 Å². The molecular weight excluding hydrogens is 929 g/mol. The van der Waals surface area contributed by atoms with Crippen LogP contribution in [0.4, 0.5) is 0 Å². The summed E-state index contributed by atoms with van der Waals surface area (Å²) in [6.07, 6.45) is 19.7. The summed E-state index contributed by atoms with van der Waals surface area (Å²) in [4.78, 5) is 3.68. The smallest absolute Gasteiger partial charge is 0.189 e. The maximum Gasteiger partial charge on any atom is 0.189 e. The number of unbranched alkanes of at least 4 members (excludes halogenated alkanes) is 9. The fraction of sp³-hybridized carbons (Fsp3) is 1.00. The topological polar surface area (TPSA) is 55.0 Å². The summed E-state index contributed by atoms with van der Waals surface area (Å²) in [7, 11) is -3.01. The van der Waals surface area contributed by atoms with Gasteiger partial charge in [0.2, 0.25) is 0 Å². The molecule has 0 bridgehead atoms. The van der Waals surface area contributed by atoms with E-state index in [0.29, 0.717) is 6.42 Å². The van der Waals surface area contributed by atoms with Crippen molar-refractivity contribution in [3.63, 3.8) is 0 Å². The van der Waals surface area contributed by atoms with Crippen LogP contribution in [-0.4, -0.2) is 72.3 Å².